The van der Waals surface area contributed by atoms with Gasteiger partial charge in [0.15, 0.2) is 0 Å². The summed E-state index contributed by atoms with van der Waals surface area (Å²) >= 11 is 0. The smallest absolute Gasteiger partial charge is 0.309 e. The second-order valence-electron chi connectivity index (χ2n) is 7.84. The molecule has 0 spiro atoms. The Balaban J connectivity index is 2.66. The number of hydrogen-bond donors (Lipinski definition) is 0. The lowest BCUT2D eigenvalue weighted by molar-refractivity contribution is -0.163. The standard InChI is InChI=1S/C21H32O5/c1-13-11-17(24-8)9-10-18(13)15(3)16(4)25-20(23)14(2)12-19(22)26-21(5,6)7/h9-11,14-16H,12H2,1-8H3/t14-,15+,16-/m1/s1. The van der Waals surface area contributed by atoms with Gasteiger partial charge in [-0.05, 0) is 57.9 Å². The molecule has 0 N–H and O–H groups in total. The summed E-state index contributed by atoms with van der Waals surface area (Å²) in [5.74, 6) is -0.501. The quantitative estimate of drug-likeness (QED) is 0.671. The molecule has 3 atom stereocenters. The van der Waals surface area contributed by atoms with Crippen molar-refractivity contribution in [2.45, 2.75) is 72.5 Å². The van der Waals surface area contributed by atoms with Crippen molar-refractivity contribution in [1.82, 2.24) is 0 Å². The summed E-state index contributed by atoms with van der Waals surface area (Å²) in [5.41, 5.74) is 1.63. The van der Waals surface area contributed by atoms with Gasteiger partial charge in [-0.1, -0.05) is 19.9 Å². The van der Waals surface area contributed by atoms with Crippen LogP contribution in [0.3, 0.4) is 0 Å². The van der Waals surface area contributed by atoms with E-state index < -0.39 is 17.5 Å². The maximum atomic E-state index is 12.3. The van der Waals surface area contributed by atoms with Crippen LogP contribution in [0.25, 0.3) is 0 Å². The lowest BCUT2D eigenvalue weighted by atomic mass is 9.92. The summed E-state index contributed by atoms with van der Waals surface area (Å²) in [6, 6.07) is 5.86. The highest BCUT2D eigenvalue weighted by atomic mass is 16.6. The average Bonchev–Trinajstić information content (AvgIpc) is 2.51. The van der Waals surface area contributed by atoms with Crippen LogP contribution in [0.15, 0.2) is 18.2 Å². The number of benzene rings is 1. The summed E-state index contributed by atoms with van der Waals surface area (Å²) in [4.78, 5) is 24.2. The monoisotopic (exact) mass is 364 g/mol. The van der Waals surface area contributed by atoms with Crippen LogP contribution >= 0.6 is 0 Å². The molecule has 1 rings (SSSR count). The van der Waals surface area contributed by atoms with E-state index >= 15 is 0 Å². The topological polar surface area (TPSA) is 61.8 Å². The molecule has 0 amide bonds. The lowest BCUT2D eigenvalue weighted by Gasteiger charge is -2.24. The highest BCUT2D eigenvalue weighted by Gasteiger charge is 2.26. The second kappa shape index (κ2) is 9.06. The molecule has 26 heavy (non-hydrogen) atoms. The molecule has 0 heterocycles. The van der Waals surface area contributed by atoms with Gasteiger partial charge in [-0.3, -0.25) is 9.59 Å². The first-order valence-corrected chi connectivity index (χ1v) is 9.01. The molecule has 0 saturated heterocycles. The molecule has 0 aliphatic rings. The summed E-state index contributed by atoms with van der Waals surface area (Å²) in [7, 11) is 1.63. The van der Waals surface area contributed by atoms with Gasteiger partial charge >= 0.3 is 11.9 Å². The highest BCUT2D eigenvalue weighted by Crippen LogP contribution is 2.28. The van der Waals surface area contributed by atoms with Gasteiger partial charge in [-0.15, -0.1) is 0 Å². The third-order valence-electron chi connectivity index (χ3n) is 4.27. The molecular formula is C21H32O5. The number of ether oxygens (including phenoxy) is 3. The lowest BCUT2D eigenvalue weighted by Crippen LogP contribution is -2.29. The van der Waals surface area contributed by atoms with Gasteiger partial charge in [0.05, 0.1) is 19.4 Å². The van der Waals surface area contributed by atoms with Crippen LogP contribution in [-0.4, -0.2) is 30.8 Å². The Kier molecular flexibility index (Phi) is 7.67. The van der Waals surface area contributed by atoms with Crippen molar-refractivity contribution in [3.05, 3.63) is 29.3 Å². The van der Waals surface area contributed by atoms with Crippen molar-refractivity contribution in [3.8, 4) is 5.75 Å². The predicted octanol–water partition coefficient (Wildman–Crippen LogP) is 4.41. The maximum Gasteiger partial charge on any atom is 0.309 e. The van der Waals surface area contributed by atoms with Crippen LogP contribution in [0, 0.1) is 12.8 Å². The Bertz CT molecular complexity index is 630. The zero-order chi connectivity index (χ0) is 20.1. The molecule has 1 aromatic carbocycles. The molecule has 0 aromatic heterocycles. The predicted molar refractivity (Wildman–Crippen MR) is 101 cm³/mol. The van der Waals surface area contributed by atoms with Crippen LogP contribution < -0.4 is 4.74 Å². The van der Waals surface area contributed by atoms with E-state index in [0.29, 0.717) is 0 Å². The van der Waals surface area contributed by atoms with Crippen molar-refractivity contribution in [2.24, 2.45) is 5.92 Å². The van der Waals surface area contributed by atoms with E-state index in [1.54, 1.807) is 34.8 Å². The van der Waals surface area contributed by atoms with Gasteiger partial charge < -0.3 is 14.2 Å². The summed E-state index contributed by atoms with van der Waals surface area (Å²) in [6.07, 6.45) is -0.297. The van der Waals surface area contributed by atoms with Crippen molar-refractivity contribution in [2.75, 3.05) is 7.11 Å². The Morgan fingerprint density at radius 2 is 1.73 bits per heavy atom. The third kappa shape index (κ3) is 6.70. The molecule has 146 valence electrons. The minimum atomic E-state index is -0.561. The number of hydrogen-bond acceptors (Lipinski definition) is 5. The van der Waals surface area contributed by atoms with Crippen molar-refractivity contribution in [1.29, 1.82) is 0 Å². The van der Waals surface area contributed by atoms with Crippen molar-refractivity contribution in [3.63, 3.8) is 0 Å². The highest BCUT2D eigenvalue weighted by molar-refractivity contribution is 5.80. The van der Waals surface area contributed by atoms with Gasteiger partial charge in [0.25, 0.3) is 0 Å². The van der Waals surface area contributed by atoms with Gasteiger partial charge in [0.1, 0.15) is 17.5 Å². The molecule has 5 nitrogen and oxygen atoms in total. The molecule has 5 heteroatoms. The van der Waals surface area contributed by atoms with Crippen LogP contribution in [-0.2, 0) is 19.1 Å². The number of esters is 2. The van der Waals surface area contributed by atoms with E-state index in [9.17, 15) is 9.59 Å². The normalized spacial score (nSPS) is 14.9. The van der Waals surface area contributed by atoms with E-state index in [1.165, 1.54) is 0 Å². The number of carbonyl (C=O) groups excluding carboxylic acids is 2. The zero-order valence-electron chi connectivity index (χ0n) is 17.2. The molecule has 0 bridgehead atoms. The van der Waals surface area contributed by atoms with Crippen molar-refractivity contribution >= 4 is 11.9 Å². The molecular weight excluding hydrogens is 332 g/mol. The Hall–Kier alpha value is -2.04. The number of rotatable bonds is 7. The van der Waals surface area contributed by atoms with Crippen molar-refractivity contribution < 1.29 is 23.8 Å². The second-order valence-corrected chi connectivity index (χ2v) is 7.84. The van der Waals surface area contributed by atoms with Crippen LogP contribution in [0.5, 0.6) is 5.75 Å². The van der Waals surface area contributed by atoms with E-state index in [4.69, 9.17) is 14.2 Å². The zero-order valence-corrected chi connectivity index (χ0v) is 17.2. The Morgan fingerprint density at radius 1 is 1.12 bits per heavy atom. The van der Waals surface area contributed by atoms with Gasteiger partial charge in [0, 0.05) is 5.92 Å². The number of aryl methyl sites for hydroxylation is 1. The van der Waals surface area contributed by atoms with E-state index in [0.717, 1.165) is 16.9 Å². The van der Waals surface area contributed by atoms with E-state index in [-0.39, 0.29) is 24.4 Å². The molecule has 0 radical (unpaired) electrons. The molecule has 0 aliphatic carbocycles. The first-order valence-electron chi connectivity index (χ1n) is 9.01. The average molecular weight is 364 g/mol. The first kappa shape index (κ1) is 22.0. The van der Waals surface area contributed by atoms with Crippen LogP contribution in [0.2, 0.25) is 0 Å². The van der Waals surface area contributed by atoms with Crippen LogP contribution in [0.4, 0.5) is 0 Å². The summed E-state index contributed by atoms with van der Waals surface area (Å²) in [5, 5.41) is 0. The maximum absolute atomic E-state index is 12.3. The minimum absolute atomic E-state index is 0.0127. The fraction of sp³-hybridized carbons (Fsp3) is 0.619. The largest absolute Gasteiger partial charge is 0.497 e. The first-order chi connectivity index (χ1) is 11.9. The Labute approximate surface area is 157 Å². The van der Waals surface area contributed by atoms with E-state index in [2.05, 4.69) is 0 Å². The number of methoxy groups -OCH3 is 1. The van der Waals surface area contributed by atoms with Crippen LogP contribution in [0.1, 0.15) is 65.0 Å². The fourth-order valence-corrected chi connectivity index (χ4v) is 2.66. The van der Waals surface area contributed by atoms with Gasteiger partial charge in [-0.25, -0.2) is 0 Å². The molecule has 1 aromatic rings. The molecule has 0 fully saturated rings. The number of carbonyl (C=O) groups is 2. The van der Waals surface area contributed by atoms with Gasteiger partial charge in [-0.2, -0.15) is 0 Å². The van der Waals surface area contributed by atoms with E-state index in [1.807, 2.05) is 39.0 Å². The third-order valence-corrected chi connectivity index (χ3v) is 4.27. The fourth-order valence-electron chi connectivity index (χ4n) is 2.66. The molecule has 0 unspecified atom stereocenters. The molecule has 0 saturated carbocycles. The Morgan fingerprint density at radius 3 is 2.23 bits per heavy atom. The van der Waals surface area contributed by atoms with Gasteiger partial charge in [0.2, 0.25) is 0 Å². The summed E-state index contributed by atoms with van der Waals surface area (Å²) in [6.45, 7) is 13.0. The SMILES string of the molecule is COc1ccc([C@@H](C)[C@@H](C)OC(=O)[C@H](C)CC(=O)OC(C)(C)C)c(C)c1. The summed E-state index contributed by atoms with van der Waals surface area (Å²) < 4.78 is 16.1. The molecule has 0 aliphatic heterocycles. The minimum Gasteiger partial charge on any atom is -0.497 e.